The third-order valence-corrected chi connectivity index (χ3v) is 8.87. The van der Waals surface area contributed by atoms with Crippen molar-refractivity contribution >= 4 is 40.5 Å². The van der Waals surface area contributed by atoms with E-state index in [1.807, 2.05) is 23.7 Å². The maximum atomic E-state index is 6.80. The monoisotopic (exact) mass is 500 g/mol. The number of nitrogen functional groups attached to an aromatic ring is 1. The average molecular weight is 500 g/mol. The van der Waals surface area contributed by atoms with Crippen molar-refractivity contribution < 1.29 is 14.0 Å². The molecule has 2 atom stereocenters. The van der Waals surface area contributed by atoms with Crippen LogP contribution in [0.2, 0.25) is 0 Å². The molecule has 2 fully saturated rings. The van der Waals surface area contributed by atoms with Gasteiger partial charge in [0.15, 0.2) is 0 Å². The highest BCUT2D eigenvalue weighted by molar-refractivity contribution is 7.13. The van der Waals surface area contributed by atoms with Gasteiger partial charge in [-0.2, -0.15) is 10.2 Å². The highest BCUT2D eigenvalue weighted by Gasteiger charge is 2.63. The molecule has 2 aliphatic rings. The van der Waals surface area contributed by atoms with E-state index in [4.69, 9.17) is 19.8 Å². The predicted molar refractivity (Wildman–Crippen MR) is 144 cm³/mol. The zero-order valence-corrected chi connectivity index (χ0v) is 21.6. The smallest absolute Gasteiger partial charge is 0.497 e. The number of hydrogen-bond donors (Lipinski definition) is 1. The average Bonchev–Trinajstić information content (AvgIpc) is 3.62. The van der Waals surface area contributed by atoms with Crippen LogP contribution in [0, 0.1) is 0 Å². The number of ether oxygens (including phenoxy) is 1. The summed E-state index contributed by atoms with van der Waals surface area (Å²) in [6.07, 6.45) is 8.41. The van der Waals surface area contributed by atoms with Crippen LogP contribution in [0.5, 0.6) is 5.75 Å². The Balaban J connectivity index is 1.53. The lowest BCUT2D eigenvalue weighted by atomic mass is 9.76. The molecule has 6 rings (SSSR count). The summed E-state index contributed by atoms with van der Waals surface area (Å²) >= 11 is 1.59. The Labute approximate surface area is 215 Å². The Morgan fingerprint density at radius 3 is 2.53 bits per heavy atom. The normalized spacial score (nSPS) is 23.4. The maximum Gasteiger partial charge on any atom is 0.498 e. The Kier molecular flexibility index (Phi) is 5.74. The summed E-state index contributed by atoms with van der Waals surface area (Å²) in [6, 6.07) is 10.3. The minimum atomic E-state index is -0.500. The molecular formula is C27H29BN4O3S. The first-order chi connectivity index (χ1) is 17.5. The number of hydrogen-bond acceptors (Lipinski definition) is 8. The van der Waals surface area contributed by atoms with E-state index in [0.29, 0.717) is 5.69 Å². The van der Waals surface area contributed by atoms with Gasteiger partial charge in [0, 0.05) is 28.0 Å². The van der Waals surface area contributed by atoms with Crippen LogP contribution >= 0.6 is 11.3 Å². The fraction of sp³-hybridized carbons (Fsp3) is 0.370. The van der Waals surface area contributed by atoms with Crippen molar-refractivity contribution in [3.8, 4) is 27.4 Å². The van der Waals surface area contributed by atoms with Gasteiger partial charge in [0.05, 0.1) is 35.7 Å². The second-order valence-electron chi connectivity index (χ2n) is 9.63. The van der Waals surface area contributed by atoms with Crippen molar-refractivity contribution in [3.05, 3.63) is 48.1 Å². The van der Waals surface area contributed by atoms with Crippen LogP contribution in [0.1, 0.15) is 46.0 Å². The van der Waals surface area contributed by atoms with Crippen LogP contribution in [0.25, 0.3) is 32.6 Å². The Morgan fingerprint density at radius 2 is 1.86 bits per heavy atom. The molecule has 9 heteroatoms. The van der Waals surface area contributed by atoms with Gasteiger partial charge in [0.2, 0.25) is 0 Å². The molecule has 184 valence electrons. The molecule has 36 heavy (non-hydrogen) atoms. The van der Waals surface area contributed by atoms with Gasteiger partial charge in [-0.25, -0.2) is 4.98 Å². The number of nitrogens with two attached hydrogens (primary N) is 1. The van der Waals surface area contributed by atoms with Crippen molar-refractivity contribution in [2.24, 2.45) is 0 Å². The highest BCUT2D eigenvalue weighted by atomic mass is 32.1. The van der Waals surface area contributed by atoms with Crippen LogP contribution in [0.15, 0.2) is 48.1 Å². The van der Waals surface area contributed by atoms with E-state index in [2.05, 4.69) is 47.2 Å². The molecule has 0 bridgehead atoms. The van der Waals surface area contributed by atoms with Gasteiger partial charge in [0.25, 0.3) is 0 Å². The van der Waals surface area contributed by atoms with E-state index < -0.39 is 7.12 Å². The molecule has 7 nitrogen and oxygen atoms in total. The molecule has 1 aliphatic heterocycles. The Bertz CT molecular complexity index is 1410. The molecule has 2 N–H and O–H groups in total. The lowest BCUT2D eigenvalue weighted by Gasteiger charge is -2.37. The lowest BCUT2D eigenvalue weighted by Crippen LogP contribution is -2.46. The first-order valence-electron chi connectivity index (χ1n) is 12.5. The lowest BCUT2D eigenvalue weighted by molar-refractivity contribution is -0.0281. The van der Waals surface area contributed by atoms with Crippen molar-refractivity contribution in [1.29, 1.82) is 0 Å². The summed E-state index contributed by atoms with van der Waals surface area (Å²) in [5.41, 5.74) is 10.8. The maximum absolute atomic E-state index is 6.80. The third-order valence-electron chi connectivity index (χ3n) is 8.07. The third kappa shape index (κ3) is 3.44. The minimum Gasteiger partial charge on any atom is -0.497 e. The Hall–Kier alpha value is -3.01. The largest absolute Gasteiger partial charge is 0.498 e. The number of methoxy groups -OCH3 is 1. The molecule has 0 unspecified atom stereocenters. The molecule has 1 saturated heterocycles. The second-order valence-corrected chi connectivity index (χ2v) is 10.5. The fourth-order valence-corrected chi connectivity index (χ4v) is 6.82. The van der Waals surface area contributed by atoms with Gasteiger partial charge in [-0.15, -0.1) is 11.3 Å². The number of rotatable bonds is 6. The van der Waals surface area contributed by atoms with E-state index in [9.17, 15) is 0 Å². The summed E-state index contributed by atoms with van der Waals surface area (Å²) < 4.78 is 19.5. The molecule has 4 aromatic rings. The number of aromatic nitrogens is 3. The summed E-state index contributed by atoms with van der Waals surface area (Å²) in [5, 5.41) is 12.1. The number of nitrogens with zero attached hydrogens (tertiary/aromatic N) is 3. The van der Waals surface area contributed by atoms with Crippen LogP contribution in [0.4, 0.5) is 5.69 Å². The zero-order chi connectivity index (χ0) is 24.9. The molecular weight excluding hydrogens is 471 g/mol. The molecule has 0 amide bonds. The first-order valence-corrected chi connectivity index (χ1v) is 13.4. The molecule has 1 saturated carbocycles. The Morgan fingerprint density at radius 1 is 1.08 bits per heavy atom. The number of fused-ring (bicyclic) bond motifs is 2. The number of anilines is 1. The first kappa shape index (κ1) is 23.4. The predicted octanol–water partition coefficient (Wildman–Crippen LogP) is 5.23. The van der Waals surface area contributed by atoms with Crippen LogP contribution in [-0.4, -0.2) is 40.6 Å². The summed E-state index contributed by atoms with van der Waals surface area (Å²) in [4.78, 5) is 4.60. The number of thiazole rings is 1. The highest BCUT2D eigenvalue weighted by Crippen LogP contribution is 2.53. The minimum absolute atomic E-state index is 0.262. The van der Waals surface area contributed by atoms with Gasteiger partial charge in [-0.1, -0.05) is 26.0 Å². The topological polar surface area (TPSA) is 92.4 Å². The summed E-state index contributed by atoms with van der Waals surface area (Å²) in [5.74, 6) is 0.733. The van der Waals surface area contributed by atoms with Crippen molar-refractivity contribution in [2.75, 3.05) is 12.8 Å². The fourth-order valence-electron chi connectivity index (χ4n) is 6.15. The van der Waals surface area contributed by atoms with Gasteiger partial charge in [0.1, 0.15) is 10.8 Å². The van der Waals surface area contributed by atoms with Crippen molar-refractivity contribution in [2.45, 2.75) is 57.2 Å². The van der Waals surface area contributed by atoms with E-state index in [-0.39, 0.29) is 11.2 Å². The standard InChI is InChI=1S/C27H29BN4O3S/c1-4-26-9-6-10-27(26,5-2)35-28(34-26)21-14-19(20(15-24(21)33-3)25-30-11-12-36-25)17-7-8-18-22(29)16-31-32-23(18)13-17/h7-8,11-16H,4-6,9-10H2,1-3H3,(H2,29,32)/t26-,27+. The van der Waals surface area contributed by atoms with Gasteiger partial charge in [-0.05, 0) is 61.4 Å². The SMILES string of the molecule is CC[C@@]12CCC[C@]1(CC)OB(c1cc(-c3ccc4c(N)cnnc4c3)c(-c3nccs3)cc1OC)O2. The van der Waals surface area contributed by atoms with Gasteiger partial charge >= 0.3 is 7.12 Å². The second kappa shape index (κ2) is 8.83. The van der Waals surface area contributed by atoms with Crippen LogP contribution in [-0.2, 0) is 9.31 Å². The molecule has 1 aliphatic carbocycles. The van der Waals surface area contributed by atoms with E-state index in [0.717, 1.165) is 75.9 Å². The molecule has 2 aromatic carbocycles. The zero-order valence-electron chi connectivity index (χ0n) is 20.8. The van der Waals surface area contributed by atoms with Crippen LogP contribution in [0.3, 0.4) is 0 Å². The van der Waals surface area contributed by atoms with E-state index in [1.165, 1.54) is 0 Å². The molecule has 3 heterocycles. The van der Waals surface area contributed by atoms with Gasteiger partial charge in [-0.3, -0.25) is 0 Å². The summed E-state index contributed by atoms with van der Waals surface area (Å²) in [6.45, 7) is 4.41. The van der Waals surface area contributed by atoms with Crippen molar-refractivity contribution in [3.63, 3.8) is 0 Å². The molecule has 0 spiro atoms. The van der Waals surface area contributed by atoms with Gasteiger partial charge < -0.3 is 19.8 Å². The molecule has 0 radical (unpaired) electrons. The van der Waals surface area contributed by atoms with Crippen molar-refractivity contribution in [1.82, 2.24) is 15.2 Å². The van der Waals surface area contributed by atoms with Crippen LogP contribution < -0.4 is 15.9 Å². The number of benzene rings is 2. The van der Waals surface area contributed by atoms with E-state index >= 15 is 0 Å². The summed E-state index contributed by atoms with van der Waals surface area (Å²) in [7, 11) is 1.19. The van der Waals surface area contributed by atoms with E-state index in [1.54, 1.807) is 24.6 Å². The quantitative estimate of drug-likeness (QED) is 0.362. The molecule has 2 aromatic heterocycles.